The van der Waals surface area contributed by atoms with Gasteiger partial charge in [-0.1, -0.05) is 13.8 Å². The van der Waals surface area contributed by atoms with Crippen molar-refractivity contribution < 1.29 is 9.90 Å². The molecule has 0 unspecified atom stereocenters. The number of carboxylic acid groups (broad SMARTS) is 1. The molecule has 1 N–H and O–H groups in total. The predicted molar refractivity (Wildman–Crippen MR) is 56.0 cm³/mol. The zero-order valence-electron chi connectivity index (χ0n) is 9.72. The minimum absolute atomic E-state index is 0.0649. The molecule has 0 saturated carbocycles. The van der Waals surface area contributed by atoms with E-state index in [-0.39, 0.29) is 12.0 Å². The SMILES string of the molecule is CC.CN(CCC(=O)O)C(C)(C)C. The first-order valence-corrected chi connectivity index (χ1v) is 4.77. The van der Waals surface area contributed by atoms with E-state index in [4.69, 9.17) is 5.11 Å². The van der Waals surface area contributed by atoms with E-state index in [0.717, 1.165) is 0 Å². The van der Waals surface area contributed by atoms with E-state index in [1.165, 1.54) is 0 Å². The molecule has 0 fully saturated rings. The molecule has 13 heavy (non-hydrogen) atoms. The van der Waals surface area contributed by atoms with Gasteiger partial charge in [0.15, 0.2) is 0 Å². The Morgan fingerprint density at radius 1 is 1.31 bits per heavy atom. The van der Waals surface area contributed by atoms with Crippen LogP contribution in [0.5, 0.6) is 0 Å². The largest absolute Gasteiger partial charge is 0.481 e. The van der Waals surface area contributed by atoms with Gasteiger partial charge in [-0.15, -0.1) is 0 Å². The van der Waals surface area contributed by atoms with Crippen LogP contribution in [0.2, 0.25) is 0 Å². The van der Waals surface area contributed by atoms with Crippen LogP contribution in [-0.2, 0) is 4.79 Å². The summed E-state index contributed by atoms with van der Waals surface area (Å²) in [6, 6.07) is 0. The van der Waals surface area contributed by atoms with Crippen molar-refractivity contribution >= 4 is 5.97 Å². The van der Waals surface area contributed by atoms with Gasteiger partial charge in [0.25, 0.3) is 0 Å². The summed E-state index contributed by atoms with van der Waals surface area (Å²) in [6.07, 6.45) is 0.216. The molecule has 0 spiro atoms. The number of nitrogens with zero attached hydrogens (tertiary/aromatic N) is 1. The lowest BCUT2D eigenvalue weighted by molar-refractivity contribution is -0.137. The molecule has 0 aliphatic rings. The summed E-state index contributed by atoms with van der Waals surface area (Å²) in [6.45, 7) is 10.8. The van der Waals surface area contributed by atoms with Crippen molar-refractivity contribution in [1.82, 2.24) is 4.90 Å². The van der Waals surface area contributed by atoms with Crippen LogP contribution in [-0.4, -0.2) is 35.1 Å². The summed E-state index contributed by atoms with van der Waals surface area (Å²) in [7, 11) is 1.93. The van der Waals surface area contributed by atoms with Gasteiger partial charge in [-0.05, 0) is 27.8 Å². The average Bonchev–Trinajstić information content (AvgIpc) is 2.02. The summed E-state index contributed by atoms with van der Waals surface area (Å²) in [5.41, 5.74) is 0.0649. The van der Waals surface area contributed by atoms with Gasteiger partial charge in [0.1, 0.15) is 0 Å². The number of carbonyl (C=O) groups is 1. The van der Waals surface area contributed by atoms with Crippen LogP contribution < -0.4 is 0 Å². The predicted octanol–water partition coefficient (Wildman–Crippen LogP) is 2.22. The summed E-state index contributed by atoms with van der Waals surface area (Å²) >= 11 is 0. The first kappa shape index (κ1) is 14.9. The molecule has 3 heteroatoms. The highest BCUT2D eigenvalue weighted by Gasteiger charge is 2.16. The average molecular weight is 189 g/mol. The van der Waals surface area contributed by atoms with Crippen molar-refractivity contribution in [2.24, 2.45) is 0 Å². The Kier molecular flexibility index (Phi) is 7.92. The zero-order chi connectivity index (χ0) is 11.1. The Hall–Kier alpha value is -0.570. The van der Waals surface area contributed by atoms with Crippen LogP contribution in [0.25, 0.3) is 0 Å². The molecule has 80 valence electrons. The lowest BCUT2D eigenvalue weighted by Crippen LogP contribution is -2.39. The Morgan fingerprint density at radius 2 is 1.69 bits per heavy atom. The zero-order valence-corrected chi connectivity index (χ0v) is 9.72. The van der Waals surface area contributed by atoms with Crippen LogP contribution in [0.3, 0.4) is 0 Å². The fraction of sp³-hybridized carbons (Fsp3) is 0.900. The molecule has 0 aliphatic heterocycles. The quantitative estimate of drug-likeness (QED) is 0.740. The molecule has 0 bridgehead atoms. The number of hydrogen-bond acceptors (Lipinski definition) is 2. The molecule has 3 nitrogen and oxygen atoms in total. The van der Waals surface area contributed by atoms with Crippen molar-refractivity contribution in [3.8, 4) is 0 Å². The van der Waals surface area contributed by atoms with Gasteiger partial charge in [0.05, 0.1) is 6.42 Å². The molecule has 0 aromatic rings. The second-order valence-corrected chi connectivity index (χ2v) is 3.74. The summed E-state index contributed by atoms with van der Waals surface area (Å²) < 4.78 is 0. The highest BCUT2D eigenvalue weighted by molar-refractivity contribution is 5.66. The van der Waals surface area contributed by atoms with E-state index in [2.05, 4.69) is 20.8 Å². The monoisotopic (exact) mass is 189 g/mol. The second kappa shape index (κ2) is 6.89. The first-order valence-electron chi connectivity index (χ1n) is 4.77. The van der Waals surface area contributed by atoms with Crippen LogP contribution in [0, 0.1) is 0 Å². The third-order valence-corrected chi connectivity index (χ3v) is 1.81. The van der Waals surface area contributed by atoms with Crippen molar-refractivity contribution in [3.05, 3.63) is 0 Å². The van der Waals surface area contributed by atoms with Gasteiger partial charge in [-0.2, -0.15) is 0 Å². The maximum Gasteiger partial charge on any atom is 0.304 e. The minimum atomic E-state index is -0.735. The highest BCUT2D eigenvalue weighted by atomic mass is 16.4. The normalized spacial score (nSPS) is 10.7. The third-order valence-electron chi connectivity index (χ3n) is 1.81. The molecule has 0 saturated heterocycles. The van der Waals surface area contributed by atoms with Crippen molar-refractivity contribution in [1.29, 1.82) is 0 Å². The van der Waals surface area contributed by atoms with E-state index in [0.29, 0.717) is 6.54 Å². The summed E-state index contributed by atoms with van der Waals surface area (Å²) in [4.78, 5) is 12.2. The molecule has 0 aliphatic carbocycles. The first-order chi connectivity index (χ1) is 5.84. The molecular weight excluding hydrogens is 166 g/mol. The number of rotatable bonds is 3. The Bertz CT molecular complexity index is 138. The van der Waals surface area contributed by atoms with Gasteiger partial charge >= 0.3 is 5.97 Å². The fourth-order valence-corrected chi connectivity index (χ4v) is 0.599. The lowest BCUT2D eigenvalue weighted by Gasteiger charge is -2.31. The van der Waals surface area contributed by atoms with Gasteiger partial charge < -0.3 is 10.0 Å². The van der Waals surface area contributed by atoms with E-state index in [1.54, 1.807) is 0 Å². The molecule has 0 aromatic carbocycles. The van der Waals surface area contributed by atoms with Crippen LogP contribution >= 0.6 is 0 Å². The Morgan fingerprint density at radius 3 is 1.92 bits per heavy atom. The molecule has 0 radical (unpaired) electrons. The van der Waals surface area contributed by atoms with Gasteiger partial charge in [-0.25, -0.2) is 0 Å². The van der Waals surface area contributed by atoms with E-state index >= 15 is 0 Å². The van der Waals surface area contributed by atoms with Crippen LogP contribution in [0.4, 0.5) is 0 Å². The van der Waals surface area contributed by atoms with Gasteiger partial charge in [0.2, 0.25) is 0 Å². The van der Waals surface area contributed by atoms with Crippen molar-refractivity contribution in [2.45, 2.75) is 46.6 Å². The molecule has 0 atom stereocenters. The Labute approximate surface area is 81.7 Å². The molecular formula is C10H23NO2. The maximum atomic E-state index is 10.2. The van der Waals surface area contributed by atoms with E-state index in [9.17, 15) is 4.79 Å². The molecule has 0 rings (SSSR count). The standard InChI is InChI=1S/C8H17NO2.C2H6/c1-8(2,3)9(4)6-5-7(10)11;1-2/h5-6H2,1-4H3,(H,10,11);1-2H3. The van der Waals surface area contributed by atoms with Crippen LogP contribution in [0.15, 0.2) is 0 Å². The van der Waals surface area contributed by atoms with Crippen molar-refractivity contribution in [2.75, 3.05) is 13.6 Å². The smallest absolute Gasteiger partial charge is 0.304 e. The third kappa shape index (κ3) is 9.34. The molecule has 0 amide bonds. The minimum Gasteiger partial charge on any atom is -0.481 e. The van der Waals surface area contributed by atoms with Gasteiger partial charge in [-0.3, -0.25) is 4.79 Å². The maximum absolute atomic E-state index is 10.2. The topological polar surface area (TPSA) is 40.5 Å². The van der Waals surface area contributed by atoms with Crippen LogP contribution in [0.1, 0.15) is 41.0 Å². The number of aliphatic carboxylic acids is 1. The van der Waals surface area contributed by atoms with Gasteiger partial charge in [0, 0.05) is 12.1 Å². The van der Waals surface area contributed by atoms with E-state index in [1.807, 2.05) is 25.8 Å². The lowest BCUT2D eigenvalue weighted by atomic mass is 10.1. The fourth-order valence-electron chi connectivity index (χ4n) is 0.599. The number of hydrogen-bond donors (Lipinski definition) is 1. The summed E-state index contributed by atoms with van der Waals surface area (Å²) in [5.74, 6) is -0.735. The van der Waals surface area contributed by atoms with Crippen molar-refractivity contribution in [3.63, 3.8) is 0 Å². The highest BCUT2D eigenvalue weighted by Crippen LogP contribution is 2.09. The molecule has 0 aromatic heterocycles. The summed E-state index contributed by atoms with van der Waals surface area (Å²) in [5, 5.41) is 8.40. The second-order valence-electron chi connectivity index (χ2n) is 3.74. The Balaban J connectivity index is 0. The van der Waals surface area contributed by atoms with E-state index < -0.39 is 5.97 Å². The number of carboxylic acids is 1. The molecule has 0 heterocycles.